The fraction of sp³-hybridized carbons (Fsp3) is 0.618. The van der Waals surface area contributed by atoms with Gasteiger partial charge in [-0.25, -0.2) is 14.0 Å². The van der Waals surface area contributed by atoms with E-state index in [4.69, 9.17) is 9.15 Å². The smallest absolute Gasteiger partial charge is 0.407 e. The normalized spacial score (nSPS) is 24.9. The number of ether oxygens (including phenoxy) is 1. The minimum Gasteiger partial charge on any atom is -0.475 e. The molecule has 3 aliphatic rings. The highest BCUT2D eigenvalue weighted by Gasteiger charge is 2.47. The summed E-state index contributed by atoms with van der Waals surface area (Å²) in [5.41, 5.74) is 0.140. The van der Waals surface area contributed by atoms with Crippen LogP contribution < -0.4 is 10.6 Å². The van der Waals surface area contributed by atoms with Gasteiger partial charge in [0.25, 0.3) is 0 Å². The highest BCUT2D eigenvalue weighted by atomic mass is 19.1. The largest absolute Gasteiger partial charge is 0.475 e. The number of benzene rings is 1. The van der Waals surface area contributed by atoms with Crippen molar-refractivity contribution in [3.63, 3.8) is 0 Å². The SMILES string of the molecule is CC(C)(C)OC(=O)N[C@H](CF)C1CCC(C(=O)N2CC[C@H](C3CCC(=O)CC3)[C@@H]2C(=O)Nc2ccc3oc(C(=O)O)cc3c2)CC1. The van der Waals surface area contributed by atoms with E-state index in [0.717, 1.165) is 0 Å². The number of furan rings is 1. The van der Waals surface area contributed by atoms with E-state index in [-0.39, 0.29) is 47.0 Å². The molecule has 0 spiro atoms. The predicted octanol–water partition coefficient (Wildman–Crippen LogP) is 5.72. The van der Waals surface area contributed by atoms with Crippen molar-refractivity contribution in [1.82, 2.24) is 10.2 Å². The third-order valence-corrected chi connectivity index (χ3v) is 9.74. The second-order valence-corrected chi connectivity index (χ2v) is 14.0. The Morgan fingerprint density at radius 3 is 2.37 bits per heavy atom. The highest BCUT2D eigenvalue weighted by Crippen LogP contribution is 2.41. The van der Waals surface area contributed by atoms with E-state index >= 15 is 0 Å². The summed E-state index contributed by atoms with van der Waals surface area (Å²) in [4.78, 5) is 65.3. The molecule has 1 saturated heterocycles. The number of aromatic carboxylic acids is 1. The molecule has 3 N–H and O–H groups in total. The summed E-state index contributed by atoms with van der Waals surface area (Å²) < 4.78 is 24.6. The second kappa shape index (κ2) is 13.8. The molecular formula is C34H44FN3O8. The number of halogens is 1. The summed E-state index contributed by atoms with van der Waals surface area (Å²) in [5, 5.41) is 15.4. The first-order valence-electron chi connectivity index (χ1n) is 16.3. The maximum absolute atomic E-state index is 14.0. The fourth-order valence-corrected chi connectivity index (χ4v) is 7.47. The minimum absolute atomic E-state index is 0.0960. The summed E-state index contributed by atoms with van der Waals surface area (Å²) >= 11 is 0. The van der Waals surface area contributed by atoms with E-state index < -0.39 is 36.4 Å². The number of fused-ring (bicyclic) bond motifs is 1. The van der Waals surface area contributed by atoms with Gasteiger partial charge in [-0.3, -0.25) is 14.4 Å². The van der Waals surface area contributed by atoms with Crippen LogP contribution in [0.3, 0.4) is 0 Å². The van der Waals surface area contributed by atoms with Crippen LogP contribution in [0.5, 0.6) is 0 Å². The predicted molar refractivity (Wildman–Crippen MR) is 167 cm³/mol. The molecule has 11 nitrogen and oxygen atoms in total. The van der Waals surface area contributed by atoms with E-state index in [9.17, 15) is 33.5 Å². The zero-order chi connectivity index (χ0) is 33.2. The fourth-order valence-electron chi connectivity index (χ4n) is 7.47. The van der Waals surface area contributed by atoms with Crippen LogP contribution in [0.25, 0.3) is 11.0 Å². The Labute approximate surface area is 267 Å². The number of hydrogen-bond donors (Lipinski definition) is 3. The summed E-state index contributed by atoms with van der Waals surface area (Å²) in [7, 11) is 0. The van der Waals surface area contributed by atoms with Crippen molar-refractivity contribution in [3.05, 3.63) is 30.0 Å². The number of carbonyl (C=O) groups excluding carboxylic acids is 4. The molecular weight excluding hydrogens is 597 g/mol. The van der Waals surface area contributed by atoms with Crippen LogP contribution >= 0.6 is 0 Å². The number of carboxylic acid groups (broad SMARTS) is 1. The molecule has 250 valence electrons. The number of Topliss-reactive ketones (excluding diaryl/α,β-unsaturated/α-hetero) is 1. The van der Waals surface area contributed by atoms with Gasteiger partial charge in [0.15, 0.2) is 0 Å². The van der Waals surface area contributed by atoms with E-state index in [1.807, 2.05) is 0 Å². The van der Waals surface area contributed by atoms with E-state index in [1.165, 1.54) is 6.07 Å². The van der Waals surface area contributed by atoms with Gasteiger partial charge in [-0.05, 0) is 108 Å². The van der Waals surface area contributed by atoms with Crippen molar-refractivity contribution in [2.75, 3.05) is 18.5 Å². The van der Waals surface area contributed by atoms with Gasteiger partial charge in [-0.2, -0.15) is 0 Å². The number of anilines is 1. The summed E-state index contributed by atoms with van der Waals surface area (Å²) in [5.74, 6) is -2.00. The summed E-state index contributed by atoms with van der Waals surface area (Å²) in [6, 6.07) is 4.86. The lowest BCUT2D eigenvalue weighted by Gasteiger charge is -2.37. The van der Waals surface area contributed by atoms with Crippen LogP contribution in [0.1, 0.15) is 89.1 Å². The van der Waals surface area contributed by atoms with Gasteiger partial charge in [0.2, 0.25) is 17.6 Å². The minimum atomic E-state index is -1.19. The number of nitrogens with one attached hydrogen (secondary N) is 2. The number of likely N-dealkylation sites (tertiary alicyclic amines) is 1. The van der Waals surface area contributed by atoms with Gasteiger partial charge in [-0.15, -0.1) is 0 Å². The standard InChI is InChI=1S/C34H44FN3O8/c1-34(2,3)46-33(44)37-26(18-35)20-4-6-21(7-5-20)31(41)38-15-14-25(19-8-11-24(39)12-9-19)29(38)30(40)36-23-10-13-27-22(16-23)17-28(45-27)32(42)43/h10,13,16-17,19-21,25-26,29H,4-9,11-12,14-15,18H2,1-3H3,(H,36,40)(H,37,44)(H,42,43)/t20?,21?,25-,26-,29-/m1/s1. The average Bonchev–Trinajstić information content (AvgIpc) is 3.64. The molecule has 1 aromatic carbocycles. The van der Waals surface area contributed by atoms with Gasteiger partial charge in [0.1, 0.15) is 29.7 Å². The second-order valence-electron chi connectivity index (χ2n) is 14.0. The van der Waals surface area contributed by atoms with E-state index in [2.05, 4.69) is 10.6 Å². The number of alkyl halides is 1. The number of carboxylic acids is 1. The maximum Gasteiger partial charge on any atom is 0.407 e. The van der Waals surface area contributed by atoms with Crippen LogP contribution in [-0.4, -0.2) is 70.6 Å². The van der Waals surface area contributed by atoms with Crippen molar-refractivity contribution < 1.29 is 42.6 Å². The number of carbonyl (C=O) groups is 5. The molecule has 3 amide bonds. The van der Waals surface area contributed by atoms with Crippen molar-refractivity contribution in [2.45, 2.75) is 96.2 Å². The average molecular weight is 642 g/mol. The van der Waals surface area contributed by atoms with Crippen molar-refractivity contribution in [3.8, 4) is 0 Å². The molecule has 1 aromatic heterocycles. The number of hydrogen-bond acceptors (Lipinski definition) is 7. The molecule has 2 aliphatic carbocycles. The molecule has 3 atom stereocenters. The molecule has 12 heteroatoms. The van der Waals surface area contributed by atoms with Gasteiger partial charge in [0.05, 0.1) is 6.04 Å². The van der Waals surface area contributed by atoms with Crippen LogP contribution in [0, 0.1) is 23.7 Å². The molecule has 3 fully saturated rings. The topological polar surface area (TPSA) is 155 Å². The summed E-state index contributed by atoms with van der Waals surface area (Å²) in [6.45, 7) is 4.93. The monoisotopic (exact) mass is 641 g/mol. The lowest BCUT2D eigenvalue weighted by atomic mass is 9.75. The zero-order valence-corrected chi connectivity index (χ0v) is 26.7. The Kier molecular flexibility index (Phi) is 10.0. The molecule has 0 radical (unpaired) electrons. The first kappa shape index (κ1) is 33.4. The third-order valence-electron chi connectivity index (χ3n) is 9.74. The lowest BCUT2D eigenvalue weighted by Crippen LogP contribution is -2.50. The number of ketones is 1. The summed E-state index contributed by atoms with van der Waals surface area (Å²) in [6.07, 6.45) is 4.48. The van der Waals surface area contributed by atoms with E-state index in [0.29, 0.717) is 81.0 Å². The van der Waals surface area contributed by atoms with E-state index in [1.54, 1.807) is 43.9 Å². The Hall–Kier alpha value is -3.96. The van der Waals surface area contributed by atoms with Crippen LogP contribution in [0.15, 0.2) is 28.7 Å². The van der Waals surface area contributed by atoms with Crippen molar-refractivity contribution in [2.24, 2.45) is 23.7 Å². The molecule has 1 aliphatic heterocycles. The molecule has 5 rings (SSSR count). The Morgan fingerprint density at radius 2 is 1.74 bits per heavy atom. The molecule has 2 saturated carbocycles. The van der Waals surface area contributed by atoms with Crippen molar-refractivity contribution in [1.29, 1.82) is 0 Å². The quantitative estimate of drug-likeness (QED) is 0.331. The van der Waals surface area contributed by atoms with Crippen molar-refractivity contribution >= 4 is 46.3 Å². The number of alkyl carbamates (subject to hydrolysis) is 1. The molecule has 2 heterocycles. The van der Waals surface area contributed by atoms with Gasteiger partial charge >= 0.3 is 12.1 Å². The lowest BCUT2D eigenvalue weighted by molar-refractivity contribution is -0.142. The number of rotatable bonds is 8. The maximum atomic E-state index is 14.0. The number of amides is 3. The third kappa shape index (κ3) is 7.70. The Morgan fingerprint density at radius 1 is 1.04 bits per heavy atom. The Balaban J connectivity index is 1.28. The Bertz CT molecular complexity index is 1460. The zero-order valence-electron chi connectivity index (χ0n) is 26.7. The molecule has 2 aromatic rings. The molecule has 0 unspecified atom stereocenters. The number of nitrogens with zero attached hydrogens (tertiary/aromatic N) is 1. The van der Waals surface area contributed by atoms with Crippen LogP contribution in [0.4, 0.5) is 14.9 Å². The van der Waals surface area contributed by atoms with Crippen LogP contribution in [-0.2, 0) is 19.1 Å². The van der Waals surface area contributed by atoms with Gasteiger partial charge in [0, 0.05) is 36.4 Å². The van der Waals surface area contributed by atoms with Gasteiger partial charge in [-0.1, -0.05) is 0 Å². The van der Waals surface area contributed by atoms with Crippen LogP contribution in [0.2, 0.25) is 0 Å². The molecule has 46 heavy (non-hydrogen) atoms. The highest BCUT2D eigenvalue weighted by molar-refractivity contribution is 6.00. The molecule has 0 bridgehead atoms. The first-order chi connectivity index (χ1) is 21.8. The van der Waals surface area contributed by atoms with Gasteiger partial charge < -0.3 is 29.8 Å². The first-order valence-corrected chi connectivity index (χ1v) is 16.3.